The molecule has 0 aromatic heterocycles. The molecule has 0 radical (unpaired) electrons. The molecule has 3 N–H and O–H groups in total. The standard InChI is InChI=1S/C31H45N5O5/c1-21-19-33-25(20-36(21)26(37)18-22-14-15-23-11-8-9-12-24(23)17-22)13-10-16-35(29(39)41-31(5,6)7)27(32)34-28(38)40-30(2,3)4/h8-9,11-12,14-15,17,21,25,33H,10,13,16,18-20H2,1-7H3,(H2,32,34,38)/t21-,25+/m1/s1. The van der Waals surface area contributed by atoms with Crippen LogP contribution < -0.4 is 10.6 Å². The summed E-state index contributed by atoms with van der Waals surface area (Å²) in [7, 11) is 0. The van der Waals surface area contributed by atoms with Crippen molar-refractivity contribution in [3.05, 3.63) is 48.0 Å². The molecule has 0 spiro atoms. The fraction of sp³-hybridized carbons (Fsp3) is 0.548. The summed E-state index contributed by atoms with van der Waals surface area (Å²) in [6.07, 6.45) is -0.0283. The number of ether oxygens (including phenoxy) is 2. The second kappa shape index (κ2) is 13.3. The Morgan fingerprint density at radius 1 is 1.02 bits per heavy atom. The van der Waals surface area contributed by atoms with Crippen molar-refractivity contribution in [3.63, 3.8) is 0 Å². The van der Waals surface area contributed by atoms with Crippen molar-refractivity contribution in [2.45, 2.75) is 91.0 Å². The Morgan fingerprint density at radius 2 is 1.68 bits per heavy atom. The van der Waals surface area contributed by atoms with E-state index in [0.29, 0.717) is 32.4 Å². The number of nitrogens with zero attached hydrogens (tertiary/aromatic N) is 2. The monoisotopic (exact) mass is 567 g/mol. The van der Waals surface area contributed by atoms with Crippen LogP contribution in [0, 0.1) is 5.41 Å². The first-order valence-electron chi connectivity index (χ1n) is 14.2. The maximum absolute atomic E-state index is 13.3. The average molecular weight is 568 g/mol. The molecule has 1 heterocycles. The van der Waals surface area contributed by atoms with E-state index in [4.69, 9.17) is 14.9 Å². The van der Waals surface area contributed by atoms with E-state index >= 15 is 0 Å². The second-order valence-corrected chi connectivity index (χ2v) is 12.6. The molecule has 1 aliphatic rings. The molecule has 1 saturated heterocycles. The van der Waals surface area contributed by atoms with Gasteiger partial charge in [-0.1, -0.05) is 42.5 Å². The lowest BCUT2D eigenvalue weighted by Gasteiger charge is -2.39. The minimum atomic E-state index is -0.820. The molecule has 10 heteroatoms. The SMILES string of the molecule is C[C@@H]1CN[C@@H](CCCN(C(=N)NC(=O)OC(C)(C)C)C(=O)OC(C)(C)C)CN1C(=O)Cc1ccc2ccccc2c1. The van der Waals surface area contributed by atoms with Gasteiger partial charge in [0, 0.05) is 31.7 Å². The number of benzene rings is 2. The van der Waals surface area contributed by atoms with Gasteiger partial charge in [0.25, 0.3) is 0 Å². The molecule has 3 amide bonds. The first-order valence-corrected chi connectivity index (χ1v) is 14.2. The Morgan fingerprint density at radius 3 is 2.34 bits per heavy atom. The number of nitrogens with one attached hydrogen (secondary N) is 3. The summed E-state index contributed by atoms with van der Waals surface area (Å²) in [6.45, 7) is 13.8. The highest BCUT2D eigenvalue weighted by atomic mass is 16.6. The lowest BCUT2D eigenvalue weighted by molar-refractivity contribution is -0.134. The van der Waals surface area contributed by atoms with E-state index in [0.717, 1.165) is 21.2 Å². The summed E-state index contributed by atoms with van der Waals surface area (Å²) in [5.74, 6) is -0.330. The van der Waals surface area contributed by atoms with E-state index in [9.17, 15) is 14.4 Å². The van der Waals surface area contributed by atoms with Crippen LogP contribution in [0.25, 0.3) is 10.8 Å². The van der Waals surface area contributed by atoms with Crippen molar-refractivity contribution < 1.29 is 23.9 Å². The molecule has 3 rings (SSSR count). The first kappa shape index (κ1) is 31.9. The molecule has 0 bridgehead atoms. The molecule has 0 saturated carbocycles. The van der Waals surface area contributed by atoms with Crippen LogP contribution in [0.5, 0.6) is 0 Å². The maximum Gasteiger partial charge on any atom is 0.417 e. The predicted molar refractivity (Wildman–Crippen MR) is 160 cm³/mol. The zero-order valence-electron chi connectivity index (χ0n) is 25.4. The van der Waals surface area contributed by atoms with Gasteiger partial charge in [0.1, 0.15) is 11.2 Å². The van der Waals surface area contributed by atoms with Crippen molar-refractivity contribution >= 4 is 34.8 Å². The number of hydrogen-bond acceptors (Lipinski definition) is 7. The molecule has 2 aromatic rings. The van der Waals surface area contributed by atoms with Gasteiger partial charge in [-0.15, -0.1) is 0 Å². The largest absolute Gasteiger partial charge is 0.444 e. The summed E-state index contributed by atoms with van der Waals surface area (Å²) >= 11 is 0. The molecular formula is C31H45N5O5. The van der Waals surface area contributed by atoms with Gasteiger partial charge in [-0.2, -0.15) is 0 Å². The van der Waals surface area contributed by atoms with E-state index in [1.54, 1.807) is 41.5 Å². The molecule has 2 aromatic carbocycles. The highest BCUT2D eigenvalue weighted by Gasteiger charge is 2.30. The van der Waals surface area contributed by atoms with E-state index in [2.05, 4.69) is 28.8 Å². The van der Waals surface area contributed by atoms with Crippen LogP contribution in [0.3, 0.4) is 0 Å². The van der Waals surface area contributed by atoms with Gasteiger partial charge in [-0.25, -0.2) is 14.5 Å². The number of rotatable bonds is 6. The Labute approximate surface area is 243 Å². The van der Waals surface area contributed by atoms with Crippen LogP contribution in [0.15, 0.2) is 42.5 Å². The van der Waals surface area contributed by atoms with E-state index in [-0.39, 0.29) is 24.5 Å². The number of alkyl carbamates (subject to hydrolysis) is 1. The Kier molecular flexibility index (Phi) is 10.4. The van der Waals surface area contributed by atoms with Crippen LogP contribution in [0.1, 0.15) is 66.9 Å². The van der Waals surface area contributed by atoms with Crippen LogP contribution in [0.2, 0.25) is 0 Å². The Bertz CT molecular complexity index is 1250. The van der Waals surface area contributed by atoms with Crippen LogP contribution >= 0.6 is 0 Å². The molecule has 0 unspecified atom stereocenters. The number of piperazine rings is 1. The lowest BCUT2D eigenvalue weighted by atomic mass is 10.0. The van der Waals surface area contributed by atoms with Crippen molar-refractivity contribution in [2.24, 2.45) is 0 Å². The third kappa shape index (κ3) is 10.0. The quantitative estimate of drug-likeness (QED) is 0.332. The number of guanidine groups is 1. The molecule has 2 atom stereocenters. The highest BCUT2D eigenvalue weighted by Crippen LogP contribution is 2.19. The number of fused-ring (bicyclic) bond motifs is 1. The van der Waals surface area contributed by atoms with Gasteiger partial charge in [0.05, 0.1) is 6.42 Å². The van der Waals surface area contributed by atoms with Crippen molar-refractivity contribution in [1.29, 1.82) is 5.41 Å². The van der Waals surface area contributed by atoms with Gasteiger partial charge in [0.15, 0.2) is 0 Å². The van der Waals surface area contributed by atoms with Crippen molar-refractivity contribution in [3.8, 4) is 0 Å². The Hall–Kier alpha value is -3.66. The fourth-order valence-corrected chi connectivity index (χ4v) is 4.67. The van der Waals surface area contributed by atoms with E-state index < -0.39 is 29.3 Å². The topological polar surface area (TPSA) is 124 Å². The van der Waals surface area contributed by atoms with Crippen molar-refractivity contribution in [1.82, 2.24) is 20.4 Å². The summed E-state index contributed by atoms with van der Waals surface area (Å²) in [4.78, 5) is 41.4. The van der Waals surface area contributed by atoms with Gasteiger partial charge in [-0.05, 0) is 77.6 Å². The van der Waals surface area contributed by atoms with Gasteiger partial charge in [-0.3, -0.25) is 15.5 Å². The van der Waals surface area contributed by atoms with Crippen LogP contribution in [-0.4, -0.2) is 76.8 Å². The minimum Gasteiger partial charge on any atom is -0.444 e. The van der Waals surface area contributed by atoms with Gasteiger partial charge >= 0.3 is 12.2 Å². The highest BCUT2D eigenvalue weighted by molar-refractivity contribution is 5.99. The van der Waals surface area contributed by atoms with Gasteiger partial charge in [0.2, 0.25) is 11.9 Å². The number of carbonyl (C=O) groups is 3. The molecular weight excluding hydrogens is 522 g/mol. The summed E-state index contributed by atoms with van der Waals surface area (Å²) < 4.78 is 10.7. The van der Waals surface area contributed by atoms with Gasteiger partial charge < -0.3 is 19.7 Å². The van der Waals surface area contributed by atoms with E-state index in [1.165, 1.54) is 0 Å². The zero-order valence-corrected chi connectivity index (χ0v) is 25.4. The van der Waals surface area contributed by atoms with Crippen LogP contribution in [-0.2, 0) is 20.7 Å². The number of carbonyl (C=O) groups excluding carboxylic acids is 3. The zero-order chi connectivity index (χ0) is 30.4. The average Bonchev–Trinajstić information content (AvgIpc) is 2.85. The molecule has 41 heavy (non-hydrogen) atoms. The summed E-state index contributed by atoms with van der Waals surface area (Å²) in [6, 6.07) is 14.3. The fourth-order valence-electron chi connectivity index (χ4n) is 4.67. The second-order valence-electron chi connectivity index (χ2n) is 12.6. The molecule has 10 nitrogen and oxygen atoms in total. The third-order valence-electron chi connectivity index (χ3n) is 6.58. The van der Waals surface area contributed by atoms with Crippen molar-refractivity contribution in [2.75, 3.05) is 19.6 Å². The molecule has 224 valence electrons. The number of amides is 3. The smallest absolute Gasteiger partial charge is 0.417 e. The first-order chi connectivity index (χ1) is 19.1. The van der Waals surface area contributed by atoms with E-state index in [1.807, 2.05) is 36.1 Å². The third-order valence-corrected chi connectivity index (χ3v) is 6.58. The normalized spacial score (nSPS) is 17.6. The lowest BCUT2D eigenvalue weighted by Crippen LogP contribution is -2.57. The van der Waals surface area contributed by atoms with Crippen LogP contribution in [0.4, 0.5) is 9.59 Å². The molecule has 0 aliphatic carbocycles. The molecule has 1 aliphatic heterocycles. The molecule has 1 fully saturated rings. The Balaban J connectivity index is 1.59. The minimum absolute atomic E-state index is 0.0280. The summed E-state index contributed by atoms with van der Waals surface area (Å²) in [5, 5.41) is 16.5. The number of hydrogen-bond donors (Lipinski definition) is 3. The predicted octanol–water partition coefficient (Wildman–Crippen LogP) is 5.05. The summed E-state index contributed by atoms with van der Waals surface area (Å²) in [5.41, 5.74) is -0.531. The maximum atomic E-state index is 13.3.